The average molecular weight is 897 g/mol. The molecule has 3 aromatic heterocycles. The Balaban J connectivity index is 1.09. The number of anilines is 2. The fraction of sp³-hybridized carbons (Fsp3) is 0.238. The average Bonchev–Trinajstić information content (AvgIpc) is 4.03. The summed E-state index contributed by atoms with van der Waals surface area (Å²) in [4.78, 5) is 2.73. The van der Waals surface area contributed by atoms with Gasteiger partial charge in [0.25, 0.3) is 0 Å². The number of benzene rings is 8. The van der Waals surface area contributed by atoms with Gasteiger partial charge in [-0.05, 0) is 151 Å². The number of fused-ring (bicyclic) bond motifs is 18. The van der Waals surface area contributed by atoms with Crippen molar-refractivity contribution < 1.29 is 4.42 Å². The number of aromatic nitrogens is 1. The summed E-state index contributed by atoms with van der Waals surface area (Å²) >= 11 is 1.92. The molecule has 5 heteroatoms. The van der Waals surface area contributed by atoms with Gasteiger partial charge in [0.1, 0.15) is 11.2 Å². The molecular formula is C63H53BN2OS. The van der Waals surface area contributed by atoms with E-state index in [-0.39, 0.29) is 28.5 Å². The van der Waals surface area contributed by atoms with E-state index in [1.165, 1.54) is 133 Å². The van der Waals surface area contributed by atoms with Crippen molar-refractivity contribution in [3.8, 4) is 27.9 Å². The SMILES string of the molecule is CC(C)(C)c1ccc(N2B3c4cc5sc6ccccc6c5cc4-n4c5cc6c(cc5c5ccc(c3c54)-c3cc4c(cc32)-c2cc3c(cc2C4(C)C)C(C)(C)CCC3(C)C)oc2ccccc26)cc1. The number of rotatable bonds is 1. The predicted molar refractivity (Wildman–Crippen MR) is 292 cm³/mol. The molecule has 5 heterocycles. The van der Waals surface area contributed by atoms with Gasteiger partial charge >= 0.3 is 6.85 Å². The molecule has 2 aliphatic heterocycles. The first kappa shape index (κ1) is 39.4. The highest BCUT2D eigenvalue weighted by molar-refractivity contribution is 7.26. The Bertz CT molecular complexity index is 4110. The maximum atomic E-state index is 6.62. The molecule has 68 heavy (non-hydrogen) atoms. The van der Waals surface area contributed by atoms with E-state index in [1.54, 1.807) is 0 Å². The van der Waals surface area contributed by atoms with E-state index in [4.69, 9.17) is 4.42 Å². The molecule has 0 N–H and O–H groups in total. The zero-order valence-electron chi connectivity index (χ0n) is 40.4. The molecule has 0 saturated carbocycles. The molecule has 330 valence electrons. The van der Waals surface area contributed by atoms with E-state index < -0.39 is 0 Å². The Morgan fingerprint density at radius 1 is 0.529 bits per heavy atom. The van der Waals surface area contributed by atoms with Crippen molar-refractivity contribution in [2.75, 3.05) is 4.81 Å². The van der Waals surface area contributed by atoms with Gasteiger partial charge in [-0.25, -0.2) is 0 Å². The third-order valence-electron chi connectivity index (χ3n) is 17.4. The lowest BCUT2D eigenvalue weighted by Gasteiger charge is -2.42. The van der Waals surface area contributed by atoms with Crippen molar-refractivity contribution >= 4 is 104 Å². The molecule has 3 nitrogen and oxygen atoms in total. The molecule has 0 amide bonds. The minimum absolute atomic E-state index is 0.0321. The van der Waals surface area contributed by atoms with E-state index in [1.807, 2.05) is 11.3 Å². The summed E-state index contributed by atoms with van der Waals surface area (Å²) in [7, 11) is 0. The normalized spacial score (nSPS) is 17.1. The molecule has 0 radical (unpaired) electrons. The van der Waals surface area contributed by atoms with Crippen molar-refractivity contribution in [2.45, 2.75) is 96.8 Å². The molecule has 4 aliphatic rings. The van der Waals surface area contributed by atoms with Crippen LogP contribution in [0.3, 0.4) is 0 Å². The second-order valence-electron chi connectivity index (χ2n) is 23.5. The predicted octanol–water partition coefficient (Wildman–Crippen LogP) is 16.2. The topological polar surface area (TPSA) is 21.3 Å². The molecule has 2 aliphatic carbocycles. The van der Waals surface area contributed by atoms with Gasteiger partial charge in [-0.2, -0.15) is 0 Å². The van der Waals surface area contributed by atoms with E-state index in [2.05, 4.69) is 205 Å². The Kier molecular flexibility index (Phi) is 7.28. The summed E-state index contributed by atoms with van der Waals surface area (Å²) in [6.07, 6.45) is 2.40. The van der Waals surface area contributed by atoms with E-state index >= 15 is 0 Å². The zero-order valence-corrected chi connectivity index (χ0v) is 41.2. The van der Waals surface area contributed by atoms with Crippen LogP contribution in [0.15, 0.2) is 138 Å². The number of furan rings is 1. The van der Waals surface area contributed by atoms with Crippen molar-refractivity contribution in [3.63, 3.8) is 0 Å². The van der Waals surface area contributed by atoms with Crippen LogP contribution >= 0.6 is 11.3 Å². The minimum Gasteiger partial charge on any atom is -0.456 e. The molecule has 0 unspecified atom stereocenters. The van der Waals surface area contributed by atoms with Gasteiger partial charge in [-0.3, -0.25) is 0 Å². The minimum atomic E-state index is -0.172. The monoisotopic (exact) mass is 896 g/mol. The maximum absolute atomic E-state index is 6.62. The Morgan fingerprint density at radius 2 is 1.22 bits per heavy atom. The lowest BCUT2D eigenvalue weighted by molar-refractivity contribution is 0.331. The molecule has 0 saturated heterocycles. The zero-order chi connectivity index (χ0) is 46.1. The van der Waals surface area contributed by atoms with Crippen molar-refractivity contribution in [1.29, 1.82) is 0 Å². The third-order valence-corrected chi connectivity index (χ3v) is 18.5. The van der Waals surface area contributed by atoms with Gasteiger partial charge in [0.2, 0.25) is 0 Å². The van der Waals surface area contributed by atoms with Crippen molar-refractivity contribution in [2.24, 2.45) is 0 Å². The summed E-state index contributed by atoms with van der Waals surface area (Å²) in [5, 5.41) is 7.44. The highest BCUT2D eigenvalue weighted by atomic mass is 32.1. The van der Waals surface area contributed by atoms with Gasteiger partial charge in [0.05, 0.1) is 11.0 Å². The van der Waals surface area contributed by atoms with Crippen LogP contribution < -0.4 is 15.7 Å². The summed E-state index contributed by atoms with van der Waals surface area (Å²) in [5.74, 6) is 0. The number of nitrogens with zero attached hydrogens (tertiary/aromatic N) is 2. The summed E-state index contributed by atoms with van der Waals surface area (Å²) in [6.45, 7) is 21.7. The number of para-hydroxylation sites is 1. The standard InChI is InChI=1S/C63H53BN2OS/c1-60(2,3)34-18-20-35(21-19-34)66-52-28-41-40-26-48-49(62(6,7)25-24-61(48,4)5)32-47(40)63(8,9)46(41)27-42(52)38-22-23-39-43-31-55-44(36-14-10-12-16-54(36)67-55)29-51(43)65-53-30-45-37-15-11-13-17-56(37)68-57(45)33-50(53)64(66)58(38)59(39)65/h10-23,26-33H,24-25H2,1-9H3. The number of hydrogen-bond donors (Lipinski definition) is 0. The first-order chi connectivity index (χ1) is 32.6. The highest BCUT2D eigenvalue weighted by Gasteiger charge is 2.48. The highest BCUT2D eigenvalue weighted by Crippen LogP contribution is 2.58. The van der Waals surface area contributed by atoms with Crippen LogP contribution in [0.25, 0.3) is 91.9 Å². The Hall–Kier alpha value is -6.56. The first-order valence-electron chi connectivity index (χ1n) is 24.7. The lowest BCUT2D eigenvalue weighted by atomic mass is 9.44. The van der Waals surface area contributed by atoms with Crippen LogP contribution in [0.1, 0.15) is 103 Å². The van der Waals surface area contributed by atoms with Crippen LogP contribution in [0, 0.1) is 0 Å². The van der Waals surface area contributed by atoms with Gasteiger partial charge in [-0.15, -0.1) is 11.3 Å². The van der Waals surface area contributed by atoms with Crippen LogP contribution in [-0.4, -0.2) is 11.4 Å². The molecule has 0 fully saturated rings. The van der Waals surface area contributed by atoms with Crippen LogP contribution in [0.2, 0.25) is 0 Å². The molecule has 8 aromatic carbocycles. The maximum Gasteiger partial charge on any atom is 0.333 e. The van der Waals surface area contributed by atoms with Gasteiger partial charge in [-0.1, -0.05) is 129 Å². The fourth-order valence-corrected chi connectivity index (χ4v) is 14.6. The van der Waals surface area contributed by atoms with Crippen molar-refractivity contribution in [3.05, 3.63) is 161 Å². The molecule has 11 aromatic rings. The smallest absolute Gasteiger partial charge is 0.333 e. The summed E-state index contributed by atoms with van der Waals surface area (Å²) in [5.41, 5.74) is 23.7. The second-order valence-corrected chi connectivity index (χ2v) is 24.6. The lowest BCUT2D eigenvalue weighted by Crippen LogP contribution is -2.60. The van der Waals surface area contributed by atoms with Crippen LogP contribution in [0.5, 0.6) is 0 Å². The molecule has 0 spiro atoms. The number of hydrogen-bond acceptors (Lipinski definition) is 3. The summed E-state index contributed by atoms with van der Waals surface area (Å²) in [6, 6.07) is 52.2. The Morgan fingerprint density at radius 3 is 2.00 bits per heavy atom. The van der Waals surface area contributed by atoms with E-state index in [9.17, 15) is 0 Å². The Labute approximate surface area is 402 Å². The van der Waals surface area contributed by atoms with Crippen LogP contribution in [0.4, 0.5) is 11.4 Å². The van der Waals surface area contributed by atoms with E-state index in [0.29, 0.717) is 0 Å². The van der Waals surface area contributed by atoms with Gasteiger partial charge in [0.15, 0.2) is 0 Å². The molecular weight excluding hydrogens is 844 g/mol. The summed E-state index contributed by atoms with van der Waals surface area (Å²) < 4.78 is 11.9. The quantitative estimate of drug-likeness (QED) is 0.153. The molecule has 0 bridgehead atoms. The molecule has 0 atom stereocenters. The van der Waals surface area contributed by atoms with E-state index in [0.717, 1.165) is 21.9 Å². The van der Waals surface area contributed by atoms with Gasteiger partial charge in [0, 0.05) is 69.8 Å². The van der Waals surface area contributed by atoms with Crippen LogP contribution in [-0.2, 0) is 21.7 Å². The van der Waals surface area contributed by atoms with Gasteiger partial charge < -0.3 is 13.8 Å². The fourth-order valence-electron chi connectivity index (χ4n) is 13.5. The van der Waals surface area contributed by atoms with Crippen molar-refractivity contribution in [1.82, 2.24) is 4.57 Å². The second kappa shape index (κ2) is 12.6. The third kappa shape index (κ3) is 4.91. The molecule has 15 rings (SSSR count). The largest absolute Gasteiger partial charge is 0.456 e. The first-order valence-corrected chi connectivity index (χ1v) is 25.5. The number of thiophene rings is 1.